The zero-order valence-electron chi connectivity index (χ0n) is 4.33. The Morgan fingerprint density at radius 1 is 0.0769 bits per heavy atom. The van der Waals surface area contributed by atoms with E-state index in [1.54, 1.807) is 0 Å². The average Bonchev–Trinajstić information content (AvgIpc) is 0. The largest absolute Gasteiger partial charge is 0 e. The van der Waals surface area contributed by atoms with Crippen LogP contribution in [0.25, 0.3) is 0 Å². The summed E-state index contributed by atoms with van der Waals surface area (Å²) in [7, 11) is 0. The Balaban J connectivity index is 0. The first kappa shape index (κ1) is 156. The fourth-order valence-electron chi connectivity index (χ4n) is 0. The summed E-state index contributed by atoms with van der Waals surface area (Å²) < 4.78 is 0. The Hall–Kier alpha value is 6.58. The van der Waals surface area contributed by atoms with E-state index in [1.807, 2.05) is 0 Å². The molecule has 0 N–H and O–H groups in total. The molecule has 0 unspecified atom stereocenters. The van der Waals surface area contributed by atoms with Gasteiger partial charge in [0.05, 0.1) is 0 Å². The van der Waals surface area contributed by atoms with Crippen molar-refractivity contribution >= 4 is 0 Å². The molecule has 0 heterocycles. The summed E-state index contributed by atoms with van der Waals surface area (Å²) >= 11 is 0. The summed E-state index contributed by atoms with van der Waals surface area (Å²) in [4.78, 5) is 0. The first-order valence-corrected chi connectivity index (χ1v) is 0. The van der Waals surface area contributed by atoms with E-state index in [4.69, 9.17) is 0 Å². The maximum atomic E-state index is 0. The molecule has 117 valence electrons. The molecule has 0 saturated heterocycles. The van der Waals surface area contributed by atoms with Crippen molar-refractivity contribution in [2.75, 3.05) is 0 Å². The predicted octanol–water partition coefficient (Wildman–Crippen LogP) is -0.0325. The van der Waals surface area contributed by atoms with Crippen LogP contribution in [0.15, 0.2) is 0 Å². The van der Waals surface area contributed by atoms with E-state index in [0.717, 1.165) is 0 Å². The standard InChI is InChI=1S/13Co. The molecule has 0 aliphatic carbocycles. The molecule has 0 rings (SSSR count). The van der Waals surface area contributed by atoms with Gasteiger partial charge in [-0.25, -0.2) is 0 Å². The van der Waals surface area contributed by atoms with Crippen LogP contribution in [0, 0.1) is 0 Å². The molecule has 0 atom stereocenters. The second-order valence-corrected chi connectivity index (χ2v) is 0. The van der Waals surface area contributed by atoms with Crippen LogP contribution >= 0.6 is 0 Å². The van der Waals surface area contributed by atoms with Crippen LogP contribution in [0.5, 0.6) is 0 Å². The first-order chi connectivity index (χ1) is 0. The Morgan fingerprint density at radius 2 is 0.0769 bits per heavy atom. The van der Waals surface area contributed by atoms with Gasteiger partial charge in [0.15, 0.2) is 0 Å². The van der Waals surface area contributed by atoms with Gasteiger partial charge in [-0.2, -0.15) is 0 Å². The SMILES string of the molecule is [Co].[Co].[Co].[Co].[Co].[Co].[Co].[Co].[Co].[Co].[Co].[Co].[Co]. The molecule has 0 aliphatic rings. The fraction of sp³-hybridized carbons (Fsp3) is 0. The minimum absolute atomic E-state index is 0. The normalized spacial score (nSPS) is 0. The molecular weight excluding hydrogens is 766 g/mol. The van der Waals surface area contributed by atoms with Crippen molar-refractivity contribution in [2.45, 2.75) is 0 Å². The molecule has 0 aromatic rings. The molecule has 13 radical (unpaired) electrons. The summed E-state index contributed by atoms with van der Waals surface area (Å²) in [6.45, 7) is 0. The third-order valence-corrected chi connectivity index (χ3v) is 0. The van der Waals surface area contributed by atoms with Crippen LogP contribution in [0.4, 0.5) is 0 Å². The van der Waals surface area contributed by atoms with Crippen LogP contribution in [-0.2, 0) is 218 Å². The molecule has 0 spiro atoms. The third-order valence-electron chi connectivity index (χ3n) is 0. The molecule has 0 saturated carbocycles. The Bertz CT molecular complexity index is 0. The molecule has 0 aliphatic heterocycles. The van der Waals surface area contributed by atoms with Crippen LogP contribution in [0.2, 0.25) is 0 Å². The maximum Gasteiger partial charge on any atom is 0 e. The van der Waals surface area contributed by atoms with Gasteiger partial charge >= 0.3 is 0 Å². The van der Waals surface area contributed by atoms with E-state index < -0.39 is 0 Å². The van der Waals surface area contributed by atoms with Crippen molar-refractivity contribution in [3.05, 3.63) is 0 Å². The van der Waals surface area contributed by atoms with Crippen LogP contribution in [-0.4, -0.2) is 0 Å². The number of hydrogen-bond donors (Lipinski definition) is 0. The van der Waals surface area contributed by atoms with E-state index in [1.165, 1.54) is 0 Å². The molecule has 0 fully saturated rings. The summed E-state index contributed by atoms with van der Waals surface area (Å²) in [5.74, 6) is 0. The Morgan fingerprint density at radius 3 is 0.0769 bits per heavy atom. The molecule has 0 nitrogen and oxygen atoms in total. The second kappa shape index (κ2) is 133. The van der Waals surface area contributed by atoms with E-state index in [-0.39, 0.29) is 218 Å². The molecule has 0 bridgehead atoms. The maximum absolute atomic E-state index is 0. The quantitative estimate of drug-likeness (QED) is 0.326. The summed E-state index contributed by atoms with van der Waals surface area (Å²) in [6, 6.07) is 0. The molecule has 13 heavy (non-hydrogen) atoms. The monoisotopic (exact) mass is 766 g/mol. The predicted molar refractivity (Wildman–Crippen MR) is 0 cm³/mol. The van der Waals surface area contributed by atoms with Gasteiger partial charge in [-0.15, -0.1) is 0 Å². The van der Waals surface area contributed by atoms with Gasteiger partial charge in [-0.3, -0.25) is 0 Å². The molecule has 0 amide bonds. The van der Waals surface area contributed by atoms with Gasteiger partial charge in [0.2, 0.25) is 0 Å². The van der Waals surface area contributed by atoms with Crippen molar-refractivity contribution in [1.29, 1.82) is 0 Å². The molecule has 0 aromatic heterocycles. The van der Waals surface area contributed by atoms with Crippen molar-refractivity contribution in [3.8, 4) is 0 Å². The smallest absolute Gasteiger partial charge is 0 e. The van der Waals surface area contributed by atoms with Crippen LogP contribution in [0.3, 0.4) is 0 Å². The minimum atomic E-state index is 0. The zero-order valence-corrected chi connectivity index (χ0v) is 17.9. The van der Waals surface area contributed by atoms with Gasteiger partial charge in [0.25, 0.3) is 0 Å². The molecule has 0 aromatic carbocycles. The minimum Gasteiger partial charge on any atom is 0 e. The van der Waals surface area contributed by atoms with Crippen LogP contribution in [0.1, 0.15) is 0 Å². The second-order valence-electron chi connectivity index (χ2n) is 0. The van der Waals surface area contributed by atoms with Gasteiger partial charge in [-0.05, 0) is 0 Å². The Labute approximate surface area is 214 Å². The zero-order chi connectivity index (χ0) is 0. The van der Waals surface area contributed by atoms with Gasteiger partial charge in [0.1, 0.15) is 0 Å². The van der Waals surface area contributed by atoms with Crippen molar-refractivity contribution in [1.82, 2.24) is 0 Å². The van der Waals surface area contributed by atoms with Crippen molar-refractivity contribution in [3.63, 3.8) is 0 Å². The molecular formula is Co13. The number of hydrogen-bond acceptors (Lipinski definition) is 0. The van der Waals surface area contributed by atoms with Gasteiger partial charge in [-0.1, -0.05) is 0 Å². The van der Waals surface area contributed by atoms with E-state index in [0.29, 0.717) is 0 Å². The summed E-state index contributed by atoms with van der Waals surface area (Å²) in [5, 5.41) is 0. The van der Waals surface area contributed by atoms with Gasteiger partial charge < -0.3 is 0 Å². The van der Waals surface area contributed by atoms with Gasteiger partial charge in [0, 0.05) is 218 Å². The first-order valence-electron chi connectivity index (χ1n) is 0. The van der Waals surface area contributed by atoms with E-state index in [9.17, 15) is 0 Å². The topological polar surface area (TPSA) is 0 Å². The van der Waals surface area contributed by atoms with Crippen LogP contribution < -0.4 is 0 Å². The number of rotatable bonds is 0. The summed E-state index contributed by atoms with van der Waals surface area (Å²) in [6.07, 6.45) is 0. The average molecular weight is 766 g/mol. The van der Waals surface area contributed by atoms with Crippen molar-refractivity contribution in [2.24, 2.45) is 0 Å². The summed E-state index contributed by atoms with van der Waals surface area (Å²) in [5.41, 5.74) is 0. The molecule has 13 heteroatoms. The fourth-order valence-corrected chi connectivity index (χ4v) is 0. The van der Waals surface area contributed by atoms with Crippen molar-refractivity contribution < 1.29 is 218 Å². The van der Waals surface area contributed by atoms with E-state index >= 15 is 0 Å². The third kappa shape index (κ3) is 118. The Kier molecular flexibility index (Phi) is 1590. The van der Waals surface area contributed by atoms with E-state index in [2.05, 4.69) is 0 Å².